The molecule has 0 N–H and O–H groups in total. The van der Waals surface area contributed by atoms with Gasteiger partial charge in [-0.1, -0.05) is 30.3 Å². The van der Waals surface area contributed by atoms with Crippen LogP contribution in [0.4, 0.5) is 5.82 Å². The van der Waals surface area contributed by atoms with Crippen molar-refractivity contribution in [3.63, 3.8) is 0 Å². The van der Waals surface area contributed by atoms with Gasteiger partial charge in [-0.05, 0) is 27.6 Å². The zero-order valence-corrected chi connectivity index (χ0v) is 7.83. The molecular weight excluding hydrogens is 192 g/mol. The summed E-state index contributed by atoms with van der Waals surface area (Å²) in [6, 6.07) is 12.6. The Morgan fingerprint density at radius 3 is 2.47 bits per heavy atom. The highest BCUT2D eigenvalue weighted by Crippen LogP contribution is 2.26. The molecule has 0 fully saturated rings. The second-order valence-electron chi connectivity index (χ2n) is 3.00. The van der Waals surface area contributed by atoms with Crippen LogP contribution in [0.1, 0.15) is 0 Å². The lowest BCUT2D eigenvalue weighted by atomic mass is 10.1. The van der Waals surface area contributed by atoms with Gasteiger partial charge in [-0.3, -0.25) is 0 Å². The largest absolute Gasteiger partial charge is 0.371 e. The van der Waals surface area contributed by atoms with Crippen LogP contribution in [0.25, 0.3) is 11.1 Å². The van der Waals surface area contributed by atoms with Gasteiger partial charge < -0.3 is 10.1 Å². The minimum atomic E-state index is -0.470. The molecule has 0 aliphatic rings. The van der Waals surface area contributed by atoms with E-state index in [-0.39, 0.29) is 5.82 Å². The van der Waals surface area contributed by atoms with Gasteiger partial charge in [0.15, 0.2) is 0 Å². The third kappa shape index (κ3) is 1.83. The molecule has 0 radical (unpaired) electrons. The minimum Gasteiger partial charge on any atom is -0.358 e. The zero-order valence-electron chi connectivity index (χ0n) is 7.83. The molecule has 0 aliphatic heterocycles. The average molecular weight is 200 g/mol. The van der Waals surface area contributed by atoms with Gasteiger partial charge >= 0.3 is 5.82 Å². The molecule has 1 aromatic heterocycles. The molecule has 15 heavy (non-hydrogen) atoms. The van der Waals surface area contributed by atoms with Crippen molar-refractivity contribution >= 4 is 5.82 Å². The lowest BCUT2D eigenvalue weighted by Gasteiger charge is -2.01. The molecule has 0 amide bonds. The van der Waals surface area contributed by atoms with Crippen LogP contribution in [0.5, 0.6) is 0 Å². The molecule has 0 atom stereocenters. The minimum absolute atomic E-state index is 0.108. The van der Waals surface area contributed by atoms with Gasteiger partial charge in [-0.2, -0.15) is 0 Å². The molecule has 0 bridgehead atoms. The first-order chi connectivity index (χ1) is 7.29. The number of rotatable bonds is 2. The van der Waals surface area contributed by atoms with Crippen molar-refractivity contribution in [2.75, 3.05) is 0 Å². The number of benzene rings is 1. The summed E-state index contributed by atoms with van der Waals surface area (Å²) in [5, 5.41) is 10.7. The Morgan fingerprint density at radius 2 is 1.80 bits per heavy atom. The van der Waals surface area contributed by atoms with E-state index in [4.69, 9.17) is 0 Å². The SMILES string of the molecule is O=[N+]([O-])c1ncccc1-c1ccccc1. The Hall–Kier alpha value is -2.23. The van der Waals surface area contributed by atoms with Crippen molar-refractivity contribution in [2.24, 2.45) is 0 Å². The molecule has 74 valence electrons. The highest BCUT2D eigenvalue weighted by Gasteiger charge is 2.14. The van der Waals surface area contributed by atoms with Crippen LogP contribution < -0.4 is 0 Å². The smallest absolute Gasteiger partial charge is 0.358 e. The predicted molar refractivity (Wildman–Crippen MR) is 56.3 cm³/mol. The Kier molecular flexibility index (Phi) is 2.41. The topological polar surface area (TPSA) is 56.0 Å². The summed E-state index contributed by atoms with van der Waals surface area (Å²) in [6.07, 6.45) is 1.42. The number of aromatic nitrogens is 1. The molecular formula is C11H8N2O2. The predicted octanol–water partition coefficient (Wildman–Crippen LogP) is 2.66. The van der Waals surface area contributed by atoms with Gasteiger partial charge in [-0.15, -0.1) is 0 Å². The van der Waals surface area contributed by atoms with Crippen LogP contribution in [0.3, 0.4) is 0 Å². The van der Waals surface area contributed by atoms with Crippen LogP contribution in [-0.2, 0) is 0 Å². The molecule has 2 aromatic rings. The fourth-order valence-corrected chi connectivity index (χ4v) is 1.39. The summed E-state index contributed by atoms with van der Waals surface area (Å²) in [5.41, 5.74) is 1.35. The second kappa shape index (κ2) is 3.88. The molecule has 4 nitrogen and oxygen atoms in total. The number of nitro groups is 1. The zero-order chi connectivity index (χ0) is 10.7. The lowest BCUT2D eigenvalue weighted by molar-refractivity contribution is -0.388. The molecule has 2 rings (SSSR count). The average Bonchev–Trinajstić information content (AvgIpc) is 2.30. The summed E-state index contributed by atoms with van der Waals surface area (Å²) in [5.74, 6) is -0.108. The highest BCUT2D eigenvalue weighted by atomic mass is 16.6. The van der Waals surface area contributed by atoms with Crippen LogP contribution in [0, 0.1) is 10.1 Å². The summed E-state index contributed by atoms with van der Waals surface area (Å²) >= 11 is 0. The van der Waals surface area contributed by atoms with E-state index in [1.165, 1.54) is 6.20 Å². The molecule has 1 aromatic carbocycles. The van der Waals surface area contributed by atoms with Gasteiger partial charge in [0.25, 0.3) is 0 Å². The van der Waals surface area contributed by atoms with Crippen LogP contribution in [0.2, 0.25) is 0 Å². The van der Waals surface area contributed by atoms with Gasteiger partial charge in [-0.25, -0.2) is 0 Å². The van der Waals surface area contributed by atoms with E-state index in [0.717, 1.165) is 5.56 Å². The van der Waals surface area contributed by atoms with Crippen LogP contribution in [0.15, 0.2) is 48.7 Å². The van der Waals surface area contributed by atoms with Crippen molar-refractivity contribution < 1.29 is 4.92 Å². The molecule has 1 heterocycles. The molecule has 0 unspecified atom stereocenters. The maximum absolute atomic E-state index is 10.7. The summed E-state index contributed by atoms with van der Waals surface area (Å²) in [4.78, 5) is 14.0. The Bertz CT molecular complexity index is 483. The van der Waals surface area contributed by atoms with E-state index in [2.05, 4.69) is 4.98 Å². The van der Waals surface area contributed by atoms with E-state index >= 15 is 0 Å². The first-order valence-corrected chi connectivity index (χ1v) is 4.44. The standard InChI is InChI=1S/C11H8N2O2/c14-13(15)11-10(7-4-8-12-11)9-5-2-1-3-6-9/h1-8H. The first kappa shape index (κ1) is 9.33. The van der Waals surface area contributed by atoms with Crippen LogP contribution in [-0.4, -0.2) is 9.91 Å². The Labute approximate surface area is 86.4 Å². The van der Waals surface area contributed by atoms with Gasteiger partial charge in [0, 0.05) is 0 Å². The van der Waals surface area contributed by atoms with Gasteiger partial charge in [0.05, 0.1) is 5.56 Å². The molecule has 4 heteroatoms. The van der Waals surface area contributed by atoms with E-state index in [9.17, 15) is 10.1 Å². The Morgan fingerprint density at radius 1 is 1.07 bits per heavy atom. The summed E-state index contributed by atoms with van der Waals surface area (Å²) in [6.45, 7) is 0. The van der Waals surface area contributed by atoms with E-state index in [1.807, 2.05) is 30.3 Å². The molecule has 0 aliphatic carbocycles. The van der Waals surface area contributed by atoms with Gasteiger partial charge in [0.1, 0.15) is 6.20 Å². The lowest BCUT2D eigenvalue weighted by Crippen LogP contribution is -1.94. The number of hydrogen-bond acceptors (Lipinski definition) is 3. The number of nitrogens with zero attached hydrogens (tertiary/aromatic N) is 2. The molecule has 0 saturated heterocycles. The fourth-order valence-electron chi connectivity index (χ4n) is 1.39. The van der Waals surface area contributed by atoms with Crippen molar-refractivity contribution in [2.45, 2.75) is 0 Å². The van der Waals surface area contributed by atoms with Crippen LogP contribution >= 0.6 is 0 Å². The fraction of sp³-hybridized carbons (Fsp3) is 0. The third-order valence-electron chi connectivity index (χ3n) is 2.04. The Balaban J connectivity index is 2.58. The van der Waals surface area contributed by atoms with Crippen molar-refractivity contribution in [3.8, 4) is 11.1 Å². The maximum Gasteiger partial charge on any atom is 0.371 e. The second-order valence-corrected chi connectivity index (χ2v) is 3.00. The van der Waals surface area contributed by atoms with Crippen molar-refractivity contribution in [1.82, 2.24) is 4.98 Å². The molecule has 0 saturated carbocycles. The van der Waals surface area contributed by atoms with Crippen molar-refractivity contribution in [3.05, 3.63) is 58.8 Å². The molecule has 0 spiro atoms. The summed E-state index contributed by atoms with van der Waals surface area (Å²) in [7, 11) is 0. The monoisotopic (exact) mass is 200 g/mol. The van der Waals surface area contributed by atoms with E-state index in [1.54, 1.807) is 12.1 Å². The maximum atomic E-state index is 10.7. The van der Waals surface area contributed by atoms with Crippen molar-refractivity contribution in [1.29, 1.82) is 0 Å². The third-order valence-corrected chi connectivity index (χ3v) is 2.04. The van der Waals surface area contributed by atoms with Gasteiger partial charge in [0.2, 0.25) is 0 Å². The number of hydrogen-bond donors (Lipinski definition) is 0. The quantitative estimate of drug-likeness (QED) is 0.553. The number of pyridine rings is 1. The van der Waals surface area contributed by atoms with E-state index in [0.29, 0.717) is 5.56 Å². The highest BCUT2D eigenvalue weighted by molar-refractivity contribution is 5.70. The summed E-state index contributed by atoms with van der Waals surface area (Å²) < 4.78 is 0. The first-order valence-electron chi connectivity index (χ1n) is 4.44. The normalized spacial score (nSPS) is 9.87. The van der Waals surface area contributed by atoms with E-state index < -0.39 is 4.92 Å².